The molecule has 0 aliphatic heterocycles. The maximum Gasteiger partial charge on any atom is 0.306 e. The minimum atomic E-state index is -0.806. The first-order chi connectivity index (χ1) is 40.0. The molecular formula is C75H118O6. The molecule has 0 radical (unpaired) electrons. The maximum atomic E-state index is 12.9. The predicted octanol–water partition coefficient (Wildman–Crippen LogP) is 22.7. The number of hydrogen-bond acceptors (Lipinski definition) is 6. The smallest absolute Gasteiger partial charge is 0.306 e. The van der Waals surface area contributed by atoms with Crippen LogP contribution in [0.5, 0.6) is 0 Å². The van der Waals surface area contributed by atoms with E-state index in [1.165, 1.54) is 38.5 Å². The number of hydrogen-bond donors (Lipinski definition) is 0. The summed E-state index contributed by atoms with van der Waals surface area (Å²) in [6.45, 7) is 6.33. The highest BCUT2D eigenvalue weighted by Gasteiger charge is 2.19. The number of unbranched alkanes of at least 4 members (excludes halogenated alkanes) is 18. The molecule has 0 aliphatic rings. The van der Waals surface area contributed by atoms with Crippen molar-refractivity contribution < 1.29 is 28.6 Å². The van der Waals surface area contributed by atoms with Crippen molar-refractivity contribution in [2.45, 2.75) is 271 Å². The van der Waals surface area contributed by atoms with Crippen molar-refractivity contribution in [3.8, 4) is 0 Å². The Bertz CT molecular complexity index is 1860. The van der Waals surface area contributed by atoms with Gasteiger partial charge in [0.15, 0.2) is 6.10 Å². The molecule has 0 fully saturated rings. The average Bonchev–Trinajstić information content (AvgIpc) is 3.47. The molecule has 0 aromatic carbocycles. The van der Waals surface area contributed by atoms with Gasteiger partial charge in [-0.1, -0.05) is 268 Å². The van der Waals surface area contributed by atoms with Gasteiger partial charge in [-0.15, -0.1) is 0 Å². The zero-order valence-corrected chi connectivity index (χ0v) is 52.0. The van der Waals surface area contributed by atoms with Crippen LogP contribution in [-0.2, 0) is 28.6 Å². The Hall–Kier alpha value is -5.23. The number of allylic oxidation sites excluding steroid dienone is 28. The molecule has 81 heavy (non-hydrogen) atoms. The maximum absolute atomic E-state index is 12.9. The van der Waals surface area contributed by atoms with E-state index in [-0.39, 0.29) is 31.1 Å². The molecule has 6 heteroatoms. The van der Waals surface area contributed by atoms with Gasteiger partial charge in [0.25, 0.3) is 0 Å². The molecule has 454 valence electrons. The van der Waals surface area contributed by atoms with E-state index in [0.29, 0.717) is 19.3 Å². The summed E-state index contributed by atoms with van der Waals surface area (Å²) < 4.78 is 16.9. The first kappa shape index (κ1) is 75.8. The zero-order valence-electron chi connectivity index (χ0n) is 52.0. The van der Waals surface area contributed by atoms with E-state index in [2.05, 4.69) is 191 Å². The van der Waals surface area contributed by atoms with Crippen LogP contribution in [0, 0.1) is 0 Å². The minimum Gasteiger partial charge on any atom is -0.462 e. The summed E-state index contributed by atoms with van der Waals surface area (Å²) in [7, 11) is 0. The third kappa shape index (κ3) is 65.5. The fourth-order valence-corrected chi connectivity index (χ4v) is 8.35. The lowest BCUT2D eigenvalue weighted by Crippen LogP contribution is -2.30. The molecule has 0 amide bonds. The molecule has 0 heterocycles. The van der Waals surface area contributed by atoms with Crippen molar-refractivity contribution in [1.29, 1.82) is 0 Å². The fourth-order valence-electron chi connectivity index (χ4n) is 8.35. The van der Waals surface area contributed by atoms with Gasteiger partial charge in [-0.05, 0) is 148 Å². The van der Waals surface area contributed by atoms with Crippen LogP contribution < -0.4 is 0 Å². The van der Waals surface area contributed by atoms with E-state index in [1.54, 1.807) is 0 Å². The summed E-state index contributed by atoms with van der Waals surface area (Å²) >= 11 is 0. The molecule has 0 rings (SSSR count). The number of carbonyl (C=O) groups is 3. The molecule has 0 aliphatic carbocycles. The lowest BCUT2D eigenvalue weighted by atomic mass is 10.1. The Balaban J connectivity index is 4.35. The molecule has 0 aromatic rings. The Morgan fingerprint density at radius 1 is 0.259 bits per heavy atom. The van der Waals surface area contributed by atoms with Gasteiger partial charge in [-0.3, -0.25) is 14.4 Å². The summed E-state index contributed by atoms with van der Waals surface area (Å²) in [5, 5.41) is 0. The second-order valence-corrected chi connectivity index (χ2v) is 20.9. The van der Waals surface area contributed by atoms with Crippen LogP contribution in [0.15, 0.2) is 170 Å². The van der Waals surface area contributed by atoms with Crippen molar-refractivity contribution in [2.75, 3.05) is 13.2 Å². The van der Waals surface area contributed by atoms with E-state index in [1.807, 2.05) is 0 Å². The van der Waals surface area contributed by atoms with E-state index in [4.69, 9.17) is 14.2 Å². The van der Waals surface area contributed by atoms with E-state index >= 15 is 0 Å². The molecule has 0 spiro atoms. The first-order valence-corrected chi connectivity index (χ1v) is 32.6. The number of rotatable bonds is 57. The van der Waals surface area contributed by atoms with Crippen molar-refractivity contribution >= 4 is 17.9 Å². The molecule has 6 nitrogen and oxygen atoms in total. The van der Waals surface area contributed by atoms with Crippen LogP contribution in [0.1, 0.15) is 265 Å². The van der Waals surface area contributed by atoms with Crippen LogP contribution in [0.4, 0.5) is 0 Å². The van der Waals surface area contributed by atoms with Gasteiger partial charge in [-0.2, -0.15) is 0 Å². The van der Waals surface area contributed by atoms with E-state index < -0.39 is 6.10 Å². The molecule has 0 saturated heterocycles. The van der Waals surface area contributed by atoms with Crippen LogP contribution in [0.3, 0.4) is 0 Å². The third-order valence-electron chi connectivity index (χ3n) is 13.2. The Kier molecular flexibility index (Phi) is 62.9. The molecule has 1 unspecified atom stereocenters. The van der Waals surface area contributed by atoms with Crippen molar-refractivity contribution in [2.24, 2.45) is 0 Å². The largest absolute Gasteiger partial charge is 0.462 e. The normalized spacial score (nSPS) is 13.3. The molecule has 0 aromatic heterocycles. The van der Waals surface area contributed by atoms with Gasteiger partial charge >= 0.3 is 17.9 Å². The fraction of sp³-hybridized carbons (Fsp3) is 0.587. The summed E-state index contributed by atoms with van der Waals surface area (Å²) in [5.74, 6) is -0.950. The topological polar surface area (TPSA) is 78.9 Å². The van der Waals surface area contributed by atoms with Crippen LogP contribution >= 0.6 is 0 Å². The molecule has 1 atom stereocenters. The highest BCUT2D eigenvalue weighted by molar-refractivity contribution is 5.71. The van der Waals surface area contributed by atoms with Gasteiger partial charge in [0, 0.05) is 19.3 Å². The minimum absolute atomic E-state index is 0.101. The Labute approximate surface area is 498 Å². The van der Waals surface area contributed by atoms with Crippen LogP contribution in [0.25, 0.3) is 0 Å². The van der Waals surface area contributed by atoms with Crippen LogP contribution in [-0.4, -0.2) is 37.2 Å². The van der Waals surface area contributed by atoms with Gasteiger partial charge in [0.05, 0.1) is 0 Å². The van der Waals surface area contributed by atoms with E-state index in [9.17, 15) is 14.4 Å². The van der Waals surface area contributed by atoms with Crippen molar-refractivity contribution in [1.82, 2.24) is 0 Å². The van der Waals surface area contributed by atoms with Crippen molar-refractivity contribution in [3.05, 3.63) is 170 Å². The van der Waals surface area contributed by atoms with Crippen LogP contribution in [0.2, 0.25) is 0 Å². The monoisotopic (exact) mass is 1110 g/mol. The summed E-state index contributed by atoms with van der Waals surface area (Å²) in [6, 6.07) is 0. The molecular weight excluding hydrogens is 997 g/mol. The molecule has 0 saturated carbocycles. The summed E-state index contributed by atoms with van der Waals surface area (Å²) in [5.41, 5.74) is 0. The van der Waals surface area contributed by atoms with Gasteiger partial charge in [-0.25, -0.2) is 0 Å². The van der Waals surface area contributed by atoms with Gasteiger partial charge in [0.2, 0.25) is 0 Å². The second-order valence-electron chi connectivity index (χ2n) is 20.9. The highest BCUT2D eigenvalue weighted by atomic mass is 16.6. The predicted molar refractivity (Wildman–Crippen MR) is 352 cm³/mol. The van der Waals surface area contributed by atoms with E-state index in [0.717, 1.165) is 186 Å². The number of esters is 3. The summed E-state index contributed by atoms with van der Waals surface area (Å²) in [6.07, 6.45) is 99.3. The number of ether oxygens (including phenoxy) is 3. The SMILES string of the molecule is CC/C=C\C/C=C\C/C=C\C/C=C\C/C=C\C/C=C\C/C=C\C/C=C\C/C=C\CCCCCCCC(=O)OCC(COC(=O)CCCCCCC/C=C\CCCC)OC(=O)CCCCCCCC/C=C\C/C=C\C/C=C\C/C=C\CC. The Morgan fingerprint density at radius 3 is 0.765 bits per heavy atom. The highest BCUT2D eigenvalue weighted by Crippen LogP contribution is 2.14. The second kappa shape index (κ2) is 67.3. The lowest BCUT2D eigenvalue weighted by Gasteiger charge is -2.18. The number of carbonyl (C=O) groups excluding carboxylic acids is 3. The average molecular weight is 1120 g/mol. The molecule has 0 N–H and O–H groups in total. The zero-order chi connectivity index (χ0) is 58.5. The standard InChI is InChI=1S/C75H118O6/c1-4-7-10-13-16-19-22-24-26-28-30-31-32-33-34-35-36-37-38-39-40-41-42-43-45-46-48-50-53-56-59-62-65-68-74(77)80-71-72(70-79-73(76)67-64-61-58-55-52-21-18-15-12-9-6-3)81-75(78)69-66-63-60-57-54-51-49-47-44-29-27-25-23-20-17-14-11-8-5-2/h7-8,10-11,15-20,24-27,30-31,33-34,36-37,39-40,42-44,46-48,72H,4-6,9,12-14,21-23,28-29,32,35,38,41,45,49-71H2,1-3H3/b10-7-,11-8-,18-15-,19-16-,20-17-,26-24-,27-25-,31-30-,34-33-,37-36-,40-39-,43-42-,47-44-,48-46-. The first-order valence-electron chi connectivity index (χ1n) is 32.6. The quantitative estimate of drug-likeness (QED) is 0.0261. The van der Waals surface area contributed by atoms with Crippen molar-refractivity contribution in [3.63, 3.8) is 0 Å². The molecule has 0 bridgehead atoms. The van der Waals surface area contributed by atoms with Gasteiger partial charge in [0.1, 0.15) is 13.2 Å². The summed E-state index contributed by atoms with van der Waals surface area (Å²) in [4.78, 5) is 38.3. The van der Waals surface area contributed by atoms with Gasteiger partial charge < -0.3 is 14.2 Å². The third-order valence-corrected chi connectivity index (χ3v) is 13.2. The Morgan fingerprint density at radius 2 is 0.481 bits per heavy atom. The lowest BCUT2D eigenvalue weighted by molar-refractivity contribution is -0.167.